The van der Waals surface area contributed by atoms with Gasteiger partial charge >= 0.3 is 0 Å². The summed E-state index contributed by atoms with van der Waals surface area (Å²) < 4.78 is 5.65. The van der Waals surface area contributed by atoms with E-state index in [0.29, 0.717) is 32.5 Å². The van der Waals surface area contributed by atoms with Gasteiger partial charge in [0.25, 0.3) is 0 Å². The molecule has 1 fully saturated rings. The van der Waals surface area contributed by atoms with Crippen LogP contribution < -0.4 is 4.74 Å². The molecule has 1 aliphatic heterocycles. The molecule has 1 heterocycles. The van der Waals surface area contributed by atoms with Crippen molar-refractivity contribution in [2.45, 2.75) is 25.8 Å². The standard InChI is InChI=1S/C23H27N3O2/c1-19-9-11-20(12-10-19)22(18-24)25-13-15-26(16-14-25)23(27)8-5-17-28-21-6-3-2-4-7-21/h2-4,6-7,9-12,22H,5,8,13-17H2,1H3. The minimum atomic E-state index is -0.253. The monoisotopic (exact) mass is 377 g/mol. The van der Waals surface area contributed by atoms with Crippen molar-refractivity contribution in [2.24, 2.45) is 0 Å². The number of nitriles is 1. The van der Waals surface area contributed by atoms with Gasteiger partial charge in [0.2, 0.25) is 5.91 Å². The second kappa shape index (κ2) is 9.91. The van der Waals surface area contributed by atoms with E-state index in [4.69, 9.17) is 4.74 Å². The van der Waals surface area contributed by atoms with Crippen LogP contribution in [-0.4, -0.2) is 48.5 Å². The van der Waals surface area contributed by atoms with Gasteiger partial charge < -0.3 is 9.64 Å². The van der Waals surface area contributed by atoms with E-state index in [0.717, 1.165) is 24.4 Å². The maximum atomic E-state index is 12.4. The first-order chi connectivity index (χ1) is 13.7. The average Bonchev–Trinajstić information content (AvgIpc) is 2.74. The fourth-order valence-electron chi connectivity index (χ4n) is 3.43. The van der Waals surface area contributed by atoms with Gasteiger partial charge in [0.05, 0.1) is 12.7 Å². The number of hydrogen-bond donors (Lipinski definition) is 0. The SMILES string of the molecule is Cc1ccc(C(C#N)N2CCN(C(=O)CCCOc3ccccc3)CC2)cc1. The number of aryl methyl sites for hydroxylation is 1. The molecule has 3 rings (SSSR count). The van der Waals surface area contributed by atoms with Crippen molar-refractivity contribution in [3.05, 3.63) is 65.7 Å². The third kappa shape index (κ3) is 5.34. The van der Waals surface area contributed by atoms with Crippen molar-refractivity contribution in [2.75, 3.05) is 32.8 Å². The van der Waals surface area contributed by atoms with Gasteiger partial charge in [0, 0.05) is 32.6 Å². The van der Waals surface area contributed by atoms with Crippen molar-refractivity contribution >= 4 is 5.91 Å². The van der Waals surface area contributed by atoms with Crippen molar-refractivity contribution in [1.29, 1.82) is 5.26 Å². The largest absolute Gasteiger partial charge is 0.494 e. The molecule has 2 aromatic carbocycles. The predicted molar refractivity (Wildman–Crippen MR) is 109 cm³/mol. The lowest BCUT2D eigenvalue weighted by molar-refractivity contribution is -0.133. The number of rotatable bonds is 7. The summed E-state index contributed by atoms with van der Waals surface area (Å²) in [5.74, 6) is 1.00. The van der Waals surface area contributed by atoms with Crippen LogP contribution in [0.15, 0.2) is 54.6 Å². The van der Waals surface area contributed by atoms with E-state index in [1.165, 1.54) is 5.56 Å². The first kappa shape index (κ1) is 19.9. The highest BCUT2D eigenvalue weighted by molar-refractivity contribution is 5.76. The number of carbonyl (C=O) groups is 1. The number of ether oxygens (including phenoxy) is 1. The minimum Gasteiger partial charge on any atom is -0.494 e. The molecule has 0 N–H and O–H groups in total. The Hall–Kier alpha value is -2.84. The first-order valence-corrected chi connectivity index (χ1v) is 9.83. The third-order valence-electron chi connectivity index (χ3n) is 5.09. The summed E-state index contributed by atoms with van der Waals surface area (Å²) in [6.07, 6.45) is 1.20. The summed E-state index contributed by atoms with van der Waals surface area (Å²) in [4.78, 5) is 16.5. The fraction of sp³-hybridized carbons (Fsp3) is 0.391. The fourth-order valence-corrected chi connectivity index (χ4v) is 3.43. The molecule has 0 aliphatic carbocycles. The topological polar surface area (TPSA) is 56.6 Å². The van der Waals surface area contributed by atoms with Gasteiger partial charge in [0.15, 0.2) is 0 Å². The Balaban J connectivity index is 1.42. The van der Waals surface area contributed by atoms with E-state index in [1.54, 1.807) is 0 Å². The molecule has 146 valence electrons. The molecule has 0 bridgehead atoms. The Morgan fingerprint density at radius 1 is 1.07 bits per heavy atom. The average molecular weight is 377 g/mol. The highest BCUT2D eigenvalue weighted by Crippen LogP contribution is 2.22. The highest BCUT2D eigenvalue weighted by Gasteiger charge is 2.26. The van der Waals surface area contributed by atoms with E-state index in [2.05, 4.69) is 11.0 Å². The van der Waals surface area contributed by atoms with E-state index >= 15 is 0 Å². The number of benzene rings is 2. The number of piperazine rings is 1. The van der Waals surface area contributed by atoms with Crippen molar-refractivity contribution in [1.82, 2.24) is 9.80 Å². The molecule has 0 saturated carbocycles. The summed E-state index contributed by atoms with van der Waals surface area (Å²) in [5, 5.41) is 9.63. The van der Waals surface area contributed by atoms with Gasteiger partial charge in [0.1, 0.15) is 11.8 Å². The van der Waals surface area contributed by atoms with Gasteiger partial charge in [-0.15, -0.1) is 0 Å². The molecular weight excluding hydrogens is 350 g/mol. The van der Waals surface area contributed by atoms with Gasteiger partial charge in [-0.2, -0.15) is 5.26 Å². The van der Waals surface area contributed by atoms with Crippen LogP contribution in [0, 0.1) is 18.3 Å². The number of para-hydroxylation sites is 1. The van der Waals surface area contributed by atoms with E-state index in [9.17, 15) is 10.1 Å². The van der Waals surface area contributed by atoms with Crippen molar-refractivity contribution in [3.63, 3.8) is 0 Å². The van der Waals surface area contributed by atoms with Crippen LogP contribution in [0.3, 0.4) is 0 Å². The lowest BCUT2D eigenvalue weighted by Gasteiger charge is -2.37. The molecule has 1 aliphatic rings. The zero-order chi connectivity index (χ0) is 19.8. The quantitative estimate of drug-likeness (QED) is 0.692. The summed E-state index contributed by atoms with van der Waals surface area (Å²) in [6.45, 7) is 5.36. The molecule has 28 heavy (non-hydrogen) atoms. The molecule has 0 aromatic heterocycles. The number of amides is 1. The van der Waals surface area contributed by atoms with Gasteiger partial charge in [-0.25, -0.2) is 0 Å². The molecule has 1 saturated heterocycles. The van der Waals surface area contributed by atoms with Crippen molar-refractivity contribution < 1.29 is 9.53 Å². The molecular formula is C23H27N3O2. The minimum absolute atomic E-state index is 0.167. The van der Waals surface area contributed by atoms with Crippen LogP contribution in [0.4, 0.5) is 0 Å². The molecule has 5 nitrogen and oxygen atoms in total. The first-order valence-electron chi connectivity index (χ1n) is 9.83. The Bertz CT molecular complexity index is 791. The summed E-state index contributed by atoms with van der Waals surface area (Å²) in [5.41, 5.74) is 2.21. The second-order valence-corrected chi connectivity index (χ2v) is 7.12. The molecule has 0 spiro atoms. The predicted octanol–water partition coefficient (Wildman–Crippen LogP) is 3.56. The summed E-state index contributed by atoms with van der Waals surface area (Å²) >= 11 is 0. The molecule has 5 heteroatoms. The Morgan fingerprint density at radius 2 is 1.75 bits per heavy atom. The van der Waals surface area contributed by atoms with E-state index in [1.807, 2.05) is 66.4 Å². The van der Waals surface area contributed by atoms with E-state index < -0.39 is 0 Å². The number of carbonyl (C=O) groups excluding carboxylic acids is 1. The summed E-state index contributed by atoms with van der Waals surface area (Å²) in [7, 11) is 0. The van der Waals surface area contributed by atoms with E-state index in [-0.39, 0.29) is 11.9 Å². The van der Waals surface area contributed by atoms with Gasteiger partial charge in [-0.1, -0.05) is 48.0 Å². The second-order valence-electron chi connectivity index (χ2n) is 7.12. The summed E-state index contributed by atoms with van der Waals surface area (Å²) in [6, 6.07) is 19.9. The maximum absolute atomic E-state index is 12.4. The van der Waals surface area contributed by atoms with Gasteiger partial charge in [-0.05, 0) is 31.0 Å². The normalized spacial score (nSPS) is 15.6. The molecule has 1 unspecified atom stereocenters. The van der Waals surface area contributed by atoms with Crippen LogP contribution >= 0.6 is 0 Å². The molecule has 0 radical (unpaired) electrons. The molecule has 2 aromatic rings. The Labute approximate surface area is 167 Å². The van der Waals surface area contributed by atoms with Crippen LogP contribution in [-0.2, 0) is 4.79 Å². The zero-order valence-corrected chi connectivity index (χ0v) is 16.4. The smallest absolute Gasteiger partial charge is 0.222 e. The van der Waals surface area contributed by atoms with Crippen LogP contribution in [0.2, 0.25) is 0 Å². The molecule has 1 amide bonds. The van der Waals surface area contributed by atoms with Crippen molar-refractivity contribution in [3.8, 4) is 11.8 Å². The Morgan fingerprint density at radius 3 is 2.39 bits per heavy atom. The van der Waals surface area contributed by atoms with Gasteiger partial charge in [-0.3, -0.25) is 9.69 Å². The Kier molecular flexibility index (Phi) is 7.05. The number of hydrogen-bond acceptors (Lipinski definition) is 4. The van der Waals surface area contributed by atoms with Crippen LogP contribution in [0.5, 0.6) is 5.75 Å². The van der Waals surface area contributed by atoms with Crippen LogP contribution in [0.1, 0.15) is 30.0 Å². The molecule has 1 atom stereocenters. The lowest BCUT2D eigenvalue weighted by Crippen LogP contribution is -2.49. The number of nitrogens with zero attached hydrogens (tertiary/aromatic N) is 3. The zero-order valence-electron chi connectivity index (χ0n) is 16.4. The highest BCUT2D eigenvalue weighted by atomic mass is 16.5. The third-order valence-corrected chi connectivity index (χ3v) is 5.09. The maximum Gasteiger partial charge on any atom is 0.222 e. The lowest BCUT2D eigenvalue weighted by atomic mass is 10.0. The van der Waals surface area contributed by atoms with Crippen LogP contribution in [0.25, 0.3) is 0 Å².